The summed E-state index contributed by atoms with van der Waals surface area (Å²) in [5, 5.41) is 0. The SMILES string of the molecule is COc1cccc(C(CN)N(C)c2cccc(C)c2)c1. The molecule has 1 unspecified atom stereocenters. The van der Waals surface area contributed by atoms with E-state index in [9.17, 15) is 0 Å². The van der Waals surface area contributed by atoms with Crippen LogP contribution in [0.15, 0.2) is 48.5 Å². The second-order valence-corrected chi connectivity index (χ2v) is 4.98. The van der Waals surface area contributed by atoms with Crippen molar-refractivity contribution in [1.29, 1.82) is 0 Å². The zero-order chi connectivity index (χ0) is 14.5. The van der Waals surface area contributed by atoms with E-state index in [1.807, 2.05) is 18.2 Å². The number of benzene rings is 2. The highest BCUT2D eigenvalue weighted by Gasteiger charge is 2.16. The molecule has 0 aromatic heterocycles. The molecule has 2 N–H and O–H groups in total. The normalized spacial score (nSPS) is 12.0. The van der Waals surface area contributed by atoms with Gasteiger partial charge in [0.15, 0.2) is 0 Å². The third kappa shape index (κ3) is 3.11. The molecule has 106 valence electrons. The third-order valence-corrected chi connectivity index (χ3v) is 3.58. The maximum Gasteiger partial charge on any atom is 0.119 e. The van der Waals surface area contributed by atoms with Gasteiger partial charge in [-0.2, -0.15) is 0 Å². The van der Waals surface area contributed by atoms with E-state index in [1.54, 1.807) is 7.11 Å². The Morgan fingerprint density at radius 2 is 1.90 bits per heavy atom. The van der Waals surface area contributed by atoms with Crippen molar-refractivity contribution in [3.8, 4) is 5.75 Å². The molecule has 1 atom stereocenters. The highest BCUT2D eigenvalue weighted by atomic mass is 16.5. The molecule has 0 amide bonds. The van der Waals surface area contributed by atoms with Crippen LogP contribution in [0.1, 0.15) is 17.2 Å². The minimum Gasteiger partial charge on any atom is -0.497 e. The van der Waals surface area contributed by atoms with Gasteiger partial charge in [0.05, 0.1) is 13.2 Å². The summed E-state index contributed by atoms with van der Waals surface area (Å²) in [6, 6.07) is 16.7. The average molecular weight is 270 g/mol. The van der Waals surface area contributed by atoms with Crippen molar-refractivity contribution in [2.45, 2.75) is 13.0 Å². The first-order chi connectivity index (χ1) is 9.65. The smallest absolute Gasteiger partial charge is 0.119 e. The van der Waals surface area contributed by atoms with Gasteiger partial charge in [0.2, 0.25) is 0 Å². The Balaban J connectivity index is 2.31. The van der Waals surface area contributed by atoms with Crippen LogP contribution in [0.25, 0.3) is 0 Å². The number of anilines is 1. The summed E-state index contributed by atoms with van der Waals surface area (Å²) in [4.78, 5) is 2.21. The molecular weight excluding hydrogens is 248 g/mol. The van der Waals surface area contributed by atoms with E-state index in [4.69, 9.17) is 10.5 Å². The molecular formula is C17H22N2O. The largest absolute Gasteiger partial charge is 0.497 e. The minimum absolute atomic E-state index is 0.131. The lowest BCUT2D eigenvalue weighted by Gasteiger charge is -2.30. The van der Waals surface area contributed by atoms with Gasteiger partial charge in [-0.25, -0.2) is 0 Å². The number of hydrogen-bond donors (Lipinski definition) is 1. The van der Waals surface area contributed by atoms with Crippen LogP contribution in [0, 0.1) is 6.92 Å². The molecule has 0 saturated carbocycles. The summed E-state index contributed by atoms with van der Waals surface area (Å²) in [7, 11) is 3.76. The Bertz CT molecular complexity index is 568. The number of methoxy groups -OCH3 is 1. The van der Waals surface area contributed by atoms with Gasteiger partial charge in [-0.15, -0.1) is 0 Å². The van der Waals surface area contributed by atoms with Crippen LogP contribution in [0.2, 0.25) is 0 Å². The monoisotopic (exact) mass is 270 g/mol. The van der Waals surface area contributed by atoms with E-state index in [0.717, 1.165) is 11.3 Å². The van der Waals surface area contributed by atoms with E-state index in [0.29, 0.717) is 6.54 Å². The van der Waals surface area contributed by atoms with Gasteiger partial charge < -0.3 is 15.4 Å². The van der Waals surface area contributed by atoms with Crippen LogP contribution >= 0.6 is 0 Å². The lowest BCUT2D eigenvalue weighted by atomic mass is 10.0. The maximum absolute atomic E-state index is 5.99. The van der Waals surface area contributed by atoms with Gasteiger partial charge in [0.1, 0.15) is 5.75 Å². The van der Waals surface area contributed by atoms with Gasteiger partial charge in [-0.3, -0.25) is 0 Å². The lowest BCUT2D eigenvalue weighted by molar-refractivity contribution is 0.413. The number of hydrogen-bond acceptors (Lipinski definition) is 3. The Morgan fingerprint density at radius 3 is 2.55 bits per heavy atom. The lowest BCUT2D eigenvalue weighted by Crippen LogP contribution is -2.30. The molecule has 2 rings (SSSR count). The first-order valence-corrected chi connectivity index (χ1v) is 6.79. The van der Waals surface area contributed by atoms with Gasteiger partial charge in [-0.1, -0.05) is 24.3 Å². The molecule has 3 heteroatoms. The van der Waals surface area contributed by atoms with E-state index in [-0.39, 0.29) is 6.04 Å². The van der Waals surface area contributed by atoms with Gasteiger partial charge in [-0.05, 0) is 42.3 Å². The summed E-state index contributed by atoms with van der Waals surface area (Å²) < 4.78 is 5.29. The first-order valence-electron chi connectivity index (χ1n) is 6.79. The van der Waals surface area contributed by atoms with Crippen molar-refractivity contribution in [3.63, 3.8) is 0 Å². The Morgan fingerprint density at radius 1 is 1.15 bits per heavy atom. The van der Waals surface area contributed by atoms with Crippen LogP contribution in [-0.2, 0) is 0 Å². The molecule has 0 saturated heterocycles. The number of rotatable bonds is 5. The fraction of sp³-hybridized carbons (Fsp3) is 0.294. The summed E-state index contributed by atoms with van der Waals surface area (Å²) in [6.07, 6.45) is 0. The van der Waals surface area contributed by atoms with E-state index in [2.05, 4.69) is 49.2 Å². The van der Waals surface area contributed by atoms with Crippen molar-refractivity contribution in [3.05, 3.63) is 59.7 Å². The molecule has 3 nitrogen and oxygen atoms in total. The average Bonchev–Trinajstić information content (AvgIpc) is 2.48. The van der Waals surface area contributed by atoms with Crippen LogP contribution in [0.4, 0.5) is 5.69 Å². The van der Waals surface area contributed by atoms with Crippen molar-refractivity contribution in [2.75, 3.05) is 25.6 Å². The van der Waals surface area contributed by atoms with E-state index < -0.39 is 0 Å². The Hall–Kier alpha value is -2.00. The molecule has 0 spiro atoms. The van der Waals surface area contributed by atoms with Crippen LogP contribution in [0.5, 0.6) is 5.75 Å². The molecule has 0 aliphatic heterocycles. The number of nitrogens with two attached hydrogens (primary N) is 1. The second kappa shape index (κ2) is 6.44. The predicted octanol–water partition coefficient (Wildman–Crippen LogP) is 3.14. The van der Waals surface area contributed by atoms with Crippen molar-refractivity contribution >= 4 is 5.69 Å². The zero-order valence-electron chi connectivity index (χ0n) is 12.3. The summed E-state index contributed by atoms with van der Waals surface area (Å²) in [5.74, 6) is 0.860. The first kappa shape index (κ1) is 14.4. The Labute approximate surface area is 121 Å². The molecule has 0 bridgehead atoms. The van der Waals surface area contributed by atoms with E-state index in [1.165, 1.54) is 11.3 Å². The van der Waals surface area contributed by atoms with Gasteiger partial charge in [0, 0.05) is 19.3 Å². The standard InChI is InChI=1S/C17H22N2O/c1-13-6-4-8-15(10-13)19(2)17(12-18)14-7-5-9-16(11-14)20-3/h4-11,17H,12,18H2,1-3H3. The molecule has 0 aliphatic rings. The van der Waals surface area contributed by atoms with Crippen molar-refractivity contribution < 1.29 is 4.74 Å². The fourth-order valence-corrected chi connectivity index (χ4v) is 2.39. The molecule has 2 aromatic carbocycles. The maximum atomic E-state index is 5.99. The van der Waals surface area contributed by atoms with Gasteiger partial charge in [0.25, 0.3) is 0 Å². The Kier molecular flexibility index (Phi) is 4.64. The molecule has 20 heavy (non-hydrogen) atoms. The topological polar surface area (TPSA) is 38.5 Å². The molecule has 0 aliphatic carbocycles. The van der Waals surface area contributed by atoms with Crippen LogP contribution in [-0.4, -0.2) is 20.7 Å². The molecule has 2 aromatic rings. The van der Waals surface area contributed by atoms with Crippen molar-refractivity contribution in [2.24, 2.45) is 5.73 Å². The highest BCUT2D eigenvalue weighted by molar-refractivity contribution is 5.50. The van der Waals surface area contributed by atoms with E-state index >= 15 is 0 Å². The van der Waals surface area contributed by atoms with Crippen LogP contribution in [0.3, 0.4) is 0 Å². The number of aryl methyl sites for hydroxylation is 1. The third-order valence-electron chi connectivity index (χ3n) is 3.58. The van der Waals surface area contributed by atoms with Crippen LogP contribution < -0.4 is 15.4 Å². The molecule has 0 radical (unpaired) electrons. The zero-order valence-corrected chi connectivity index (χ0v) is 12.3. The predicted molar refractivity (Wildman–Crippen MR) is 84.4 cm³/mol. The number of nitrogens with zero attached hydrogens (tertiary/aromatic N) is 1. The van der Waals surface area contributed by atoms with Gasteiger partial charge >= 0.3 is 0 Å². The summed E-state index contributed by atoms with van der Waals surface area (Å²) in [6.45, 7) is 2.65. The quantitative estimate of drug-likeness (QED) is 0.907. The fourth-order valence-electron chi connectivity index (χ4n) is 2.39. The highest BCUT2D eigenvalue weighted by Crippen LogP contribution is 2.27. The minimum atomic E-state index is 0.131. The summed E-state index contributed by atoms with van der Waals surface area (Å²) >= 11 is 0. The van der Waals surface area contributed by atoms with Crippen molar-refractivity contribution in [1.82, 2.24) is 0 Å². The summed E-state index contributed by atoms with van der Waals surface area (Å²) in [5.41, 5.74) is 9.57. The second-order valence-electron chi connectivity index (χ2n) is 4.98. The number of likely N-dealkylation sites (N-methyl/N-ethyl adjacent to an activating group) is 1. The number of ether oxygens (including phenoxy) is 1. The molecule has 0 fully saturated rings. The molecule has 0 heterocycles.